The van der Waals surface area contributed by atoms with Gasteiger partial charge in [-0.15, -0.1) is 12.3 Å². The van der Waals surface area contributed by atoms with Gasteiger partial charge >= 0.3 is 0 Å². The summed E-state index contributed by atoms with van der Waals surface area (Å²) in [6, 6.07) is 11.7. The molecule has 2 aromatic carbocycles. The Hall–Kier alpha value is -2.37. The van der Waals surface area contributed by atoms with Crippen LogP contribution in [0.15, 0.2) is 36.4 Å². The maximum Gasteiger partial charge on any atom is 0.152 e. The molecule has 1 saturated carbocycles. The van der Waals surface area contributed by atoms with Crippen molar-refractivity contribution in [2.45, 2.75) is 32.6 Å². The van der Waals surface area contributed by atoms with Crippen LogP contribution in [0.2, 0.25) is 5.02 Å². The van der Waals surface area contributed by atoms with E-state index < -0.39 is 5.92 Å². The molecule has 0 radical (unpaired) electrons. The highest BCUT2D eigenvalue weighted by atomic mass is 35.5. The molecule has 0 spiro atoms. The molecule has 2 atom stereocenters. The molecule has 2 nitrogen and oxygen atoms in total. The third-order valence-electron chi connectivity index (χ3n) is 4.88. The van der Waals surface area contributed by atoms with E-state index in [1.807, 2.05) is 50.2 Å². The van der Waals surface area contributed by atoms with Crippen LogP contribution in [0.1, 0.15) is 35.4 Å². The predicted molar refractivity (Wildman–Crippen MR) is 101 cm³/mol. The number of aryl methyl sites for hydroxylation is 2. The third kappa shape index (κ3) is 3.25. The number of Topliss-reactive ketones (excluding diaryl/α,β-unsaturated/α-hetero) is 2. The lowest BCUT2D eigenvalue weighted by Crippen LogP contribution is -2.17. The quantitative estimate of drug-likeness (QED) is 0.583. The van der Waals surface area contributed by atoms with Crippen LogP contribution in [-0.4, -0.2) is 11.6 Å². The van der Waals surface area contributed by atoms with Gasteiger partial charge in [-0.2, -0.15) is 0 Å². The number of carbonyl (C=O) groups excluding carboxylic acids is 2. The van der Waals surface area contributed by atoms with Crippen molar-refractivity contribution in [2.24, 2.45) is 5.92 Å². The molecule has 3 rings (SSSR count). The van der Waals surface area contributed by atoms with Gasteiger partial charge < -0.3 is 0 Å². The van der Waals surface area contributed by atoms with Gasteiger partial charge in [0.15, 0.2) is 5.78 Å². The normalized spacial score (nSPS) is 19.9. The van der Waals surface area contributed by atoms with Crippen LogP contribution in [-0.2, 0) is 9.59 Å². The molecule has 0 bridgehead atoms. The summed E-state index contributed by atoms with van der Waals surface area (Å²) in [6.07, 6.45) is 5.92. The van der Waals surface area contributed by atoms with Crippen LogP contribution < -0.4 is 0 Å². The van der Waals surface area contributed by atoms with Crippen molar-refractivity contribution >= 4 is 23.2 Å². The first kappa shape index (κ1) is 17.5. The molecule has 0 heterocycles. The first-order valence-electron chi connectivity index (χ1n) is 8.29. The average Bonchev–Trinajstić information content (AvgIpc) is 2.83. The largest absolute Gasteiger partial charge is 0.298 e. The summed E-state index contributed by atoms with van der Waals surface area (Å²) in [5.41, 5.74) is 4.85. The average molecular weight is 351 g/mol. The van der Waals surface area contributed by atoms with E-state index in [1.54, 1.807) is 0 Å². The fourth-order valence-electron chi connectivity index (χ4n) is 3.71. The Morgan fingerprint density at radius 3 is 2.24 bits per heavy atom. The number of halogens is 1. The Balaban J connectivity index is 2.01. The van der Waals surface area contributed by atoms with Gasteiger partial charge in [0.2, 0.25) is 0 Å². The molecule has 2 unspecified atom stereocenters. The summed E-state index contributed by atoms with van der Waals surface area (Å²) >= 11 is 5.96. The summed E-state index contributed by atoms with van der Waals surface area (Å²) in [4.78, 5) is 25.1. The standard InChI is InChI=1S/C22H19ClO2/c1-4-5-16-12-19(24)21(22(16)25)20-13(2)10-17(11-14(20)3)15-6-8-18(23)9-7-15/h1,6-11,16,21H,5,12H2,2-3H3. The summed E-state index contributed by atoms with van der Waals surface area (Å²) in [7, 11) is 0. The molecule has 1 fully saturated rings. The molecule has 0 saturated heterocycles. The smallest absolute Gasteiger partial charge is 0.152 e. The molecular weight excluding hydrogens is 332 g/mol. The zero-order chi connectivity index (χ0) is 18.1. The van der Waals surface area contributed by atoms with Gasteiger partial charge in [-0.1, -0.05) is 35.9 Å². The van der Waals surface area contributed by atoms with E-state index in [-0.39, 0.29) is 23.9 Å². The van der Waals surface area contributed by atoms with Gasteiger partial charge in [0, 0.05) is 23.8 Å². The van der Waals surface area contributed by atoms with Crippen molar-refractivity contribution in [3.8, 4) is 23.5 Å². The van der Waals surface area contributed by atoms with E-state index in [0.717, 1.165) is 27.8 Å². The van der Waals surface area contributed by atoms with Crippen molar-refractivity contribution < 1.29 is 9.59 Å². The highest BCUT2D eigenvalue weighted by Crippen LogP contribution is 2.38. The molecule has 1 aliphatic rings. The summed E-state index contributed by atoms with van der Waals surface area (Å²) in [5, 5.41) is 0.690. The second kappa shape index (κ2) is 6.86. The number of ketones is 2. The van der Waals surface area contributed by atoms with Gasteiger partial charge in [-0.3, -0.25) is 9.59 Å². The second-order valence-corrected chi connectivity index (χ2v) is 7.08. The van der Waals surface area contributed by atoms with Gasteiger partial charge in [0.05, 0.1) is 0 Å². The summed E-state index contributed by atoms with van der Waals surface area (Å²) in [6.45, 7) is 3.91. The van der Waals surface area contributed by atoms with Gasteiger partial charge in [0.1, 0.15) is 11.7 Å². The van der Waals surface area contributed by atoms with Crippen LogP contribution in [0.4, 0.5) is 0 Å². The monoisotopic (exact) mass is 350 g/mol. The maximum atomic E-state index is 12.7. The van der Waals surface area contributed by atoms with Gasteiger partial charge in [-0.25, -0.2) is 0 Å². The van der Waals surface area contributed by atoms with Crippen molar-refractivity contribution in [3.05, 3.63) is 58.1 Å². The van der Waals surface area contributed by atoms with Crippen LogP contribution in [0.5, 0.6) is 0 Å². The van der Waals surface area contributed by atoms with Gasteiger partial charge in [-0.05, 0) is 53.8 Å². The minimum atomic E-state index is -0.669. The zero-order valence-corrected chi connectivity index (χ0v) is 15.1. The molecule has 0 amide bonds. The molecule has 0 N–H and O–H groups in total. The van der Waals surface area contributed by atoms with Crippen molar-refractivity contribution in [3.63, 3.8) is 0 Å². The number of carbonyl (C=O) groups is 2. The lowest BCUT2D eigenvalue weighted by Gasteiger charge is -2.17. The number of hydrogen-bond donors (Lipinski definition) is 0. The van der Waals surface area contributed by atoms with Gasteiger partial charge in [0.25, 0.3) is 0 Å². The third-order valence-corrected chi connectivity index (χ3v) is 5.13. The fourth-order valence-corrected chi connectivity index (χ4v) is 3.84. The SMILES string of the molecule is C#CCC1CC(=O)C(c2c(C)cc(-c3ccc(Cl)cc3)cc2C)C1=O. The van der Waals surface area contributed by atoms with Crippen molar-refractivity contribution in [2.75, 3.05) is 0 Å². The first-order valence-corrected chi connectivity index (χ1v) is 8.67. The van der Waals surface area contributed by atoms with E-state index in [1.165, 1.54) is 0 Å². The van der Waals surface area contributed by atoms with E-state index in [4.69, 9.17) is 18.0 Å². The molecule has 3 heteroatoms. The Kier molecular flexibility index (Phi) is 4.79. The van der Waals surface area contributed by atoms with Crippen LogP contribution in [0.25, 0.3) is 11.1 Å². The molecule has 126 valence electrons. The lowest BCUT2D eigenvalue weighted by atomic mass is 9.85. The van der Waals surface area contributed by atoms with Crippen molar-refractivity contribution in [1.29, 1.82) is 0 Å². The van der Waals surface area contributed by atoms with E-state index >= 15 is 0 Å². The first-order chi connectivity index (χ1) is 11.9. The summed E-state index contributed by atoms with van der Waals surface area (Å²) in [5.74, 6) is 1.46. The highest BCUT2D eigenvalue weighted by molar-refractivity contribution is 6.30. The topological polar surface area (TPSA) is 34.1 Å². The number of benzene rings is 2. The fraction of sp³-hybridized carbons (Fsp3) is 0.273. The number of terminal acetylenes is 1. The Labute approximate surface area is 153 Å². The molecule has 0 aromatic heterocycles. The molecule has 2 aromatic rings. The zero-order valence-electron chi connectivity index (χ0n) is 14.3. The Bertz CT molecular complexity index is 864. The Morgan fingerprint density at radius 2 is 1.68 bits per heavy atom. The lowest BCUT2D eigenvalue weighted by molar-refractivity contribution is -0.124. The van der Waals surface area contributed by atoms with Crippen LogP contribution in [0.3, 0.4) is 0 Å². The molecule has 25 heavy (non-hydrogen) atoms. The number of hydrogen-bond acceptors (Lipinski definition) is 2. The van der Waals surface area contributed by atoms with E-state index in [2.05, 4.69) is 5.92 Å². The highest BCUT2D eigenvalue weighted by Gasteiger charge is 2.42. The minimum Gasteiger partial charge on any atom is -0.298 e. The van der Waals surface area contributed by atoms with Crippen LogP contribution >= 0.6 is 11.6 Å². The predicted octanol–water partition coefficient (Wildman–Crippen LogP) is 4.89. The van der Waals surface area contributed by atoms with Crippen molar-refractivity contribution in [1.82, 2.24) is 0 Å². The second-order valence-electron chi connectivity index (χ2n) is 6.64. The van der Waals surface area contributed by atoms with Crippen LogP contribution in [0, 0.1) is 32.1 Å². The molecule has 1 aliphatic carbocycles. The van der Waals surface area contributed by atoms with E-state index in [0.29, 0.717) is 11.4 Å². The maximum absolute atomic E-state index is 12.7. The molecule has 0 aliphatic heterocycles. The number of rotatable bonds is 3. The Morgan fingerprint density at radius 1 is 1.08 bits per heavy atom. The van der Waals surface area contributed by atoms with E-state index in [9.17, 15) is 9.59 Å². The summed E-state index contributed by atoms with van der Waals surface area (Å²) < 4.78 is 0. The molecular formula is C22H19ClO2. The minimum absolute atomic E-state index is 0.0179.